The summed E-state index contributed by atoms with van der Waals surface area (Å²) in [7, 11) is 2.28. The molecule has 2 saturated carbocycles. The maximum absolute atomic E-state index is 15.1. The van der Waals surface area contributed by atoms with Gasteiger partial charge in [0.05, 0.1) is 32.8 Å². The number of fused-ring (bicyclic) bond motifs is 1. The number of likely N-dealkylation sites (tertiary alicyclic amines) is 1. The molecule has 4 rings (SSSR count). The molecule has 3 fully saturated rings. The first-order valence-corrected chi connectivity index (χ1v) is 21.8. The molecule has 0 bridgehead atoms. The summed E-state index contributed by atoms with van der Waals surface area (Å²) in [5.41, 5.74) is -0.0435. The van der Waals surface area contributed by atoms with Crippen LogP contribution in [-0.2, 0) is 38.2 Å². The maximum Gasteiger partial charge on any atom is 0.407 e. The van der Waals surface area contributed by atoms with Crippen molar-refractivity contribution in [3.63, 3.8) is 0 Å². The van der Waals surface area contributed by atoms with E-state index in [1.807, 2.05) is 58.0 Å². The lowest BCUT2D eigenvalue weighted by Gasteiger charge is -2.40. The van der Waals surface area contributed by atoms with Crippen molar-refractivity contribution in [2.75, 3.05) is 20.8 Å². The first kappa shape index (κ1) is 48.4. The molecule has 338 valence electrons. The van der Waals surface area contributed by atoms with Crippen LogP contribution in [0.3, 0.4) is 0 Å². The van der Waals surface area contributed by atoms with Crippen molar-refractivity contribution < 1.29 is 47.8 Å². The van der Waals surface area contributed by atoms with E-state index in [9.17, 15) is 33.6 Å². The Morgan fingerprint density at radius 2 is 1.39 bits per heavy atom. The summed E-state index contributed by atoms with van der Waals surface area (Å²) in [6, 6.07) is 2.85. The summed E-state index contributed by atoms with van der Waals surface area (Å²) in [5, 5.41) is 16.2. The molecule has 1 aliphatic heterocycles. The van der Waals surface area contributed by atoms with E-state index < -0.39 is 89.2 Å². The number of methoxy groups -OCH3 is 2. The van der Waals surface area contributed by atoms with Crippen molar-refractivity contribution in [3.8, 4) is 0 Å². The van der Waals surface area contributed by atoms with Crippen molar-refractivity contribution in [1.29, 1.82) is 0 Å². The molecule has 2 aliphatic carbocycles. The molecule has 8 atom stereocenters. The Balaban J connectivity index is 1.59. The molecule has 6 N–H and O–H groups in total. The number of rotatable bonds is 17. The molecule has 1 aromatic carbocycles. The van der Waals surface area contributed by atoms with E-state index in [-0.39, 0.29) is 30.8 Å². The highest BCUT2D eigenvalue weighted by Crippen LogP contribution is 2.41. The van der Waals surface area contributed by atoms with Crippen LogP contribution in [-0.4, -0.2) is 109 Å². The molecule has 17 heteroatoms. The Labute approximate surface area is 359 Å². The van der Waals surface area contributed by atoms with E-state index in [2.05, 4.69) is 41.4 Å². The molecule has 3 aliphatic rings. The zero-order chi connectivity index (χ0) is 44.9. The van der Waals surface area contributed by atoms with Crippen molar-refractivity contribution in [1.82, 2.24) is 36.8 Å². The Morgan fingerprint density at radius 1 is 0.754 bits per heavy atom. The highest BCUT2D eigenvalue weighted by molar-refractivity contribution is 6.38. The summed E-state index contributed by atoms with van der Waals surface area (Å²) >= 11 is 0. The van der Waals surface area contributed by atoms with Crippen LogP contribution in [0.15, 0.2) is 30.3 Å². The number of alkyl carbamates (subject to hydrolysis) is 2. The van der Waals surface area contributed by atoms with Gasteiger partial charge in [0.1, 0.15) is 24.2 Å². The topological polar surface area (TPSA) is 230 Å². The predicted molar refractivity (Wildman–Crippen MR) is 225 cm³/mol. The molecular formula is C44H67N7O10. The zero-order valence-electron chi connectivity index (χ0n) is 36.8. The van der Waals surface area contributed by atoms with Crippen molar-refractivity contribution in [2.45, 2.75) is 154 Å². The third-order valence-electron chi connectivity index (χ3n) is 12.3. The second kappa shape index (κ2) is 22.6. The second-order valence-electron chi connectivity index (χ2n) is 17.7. The number of Topliss-reactive ketones (excluding diaryl/α,β-unsaturated/α-hetero) is 1. The van der Waals surface area contributed by atoms with Gasteiger partial charge >= 0.3 is 12.2 Å². The number of hydrogen-bond donors (Lipinski definition) is 6. The first-order valence-electron chi connectivity index (χ1n) is 21.8. The fourth-order valence-electron chi connectivity index (χ4n) is 8.90. The molecule has 0 radical (unpaired) electrons. The number of carbonyl (C=O) groups excluding carboxylic acids is 8. The van der Waals surface area contributed by atoms with E-state index >= 15 is 4.79 Å². The quantitative estimate of drug-likeness (QED) is 0.125. The van der Waals surface area contributed by atoms with Crippen LogP contribution in [0.4, 0.5) is 9.59 Å². The van der Waals surface area contributed by atoms with Gasteiger partial charge < -0.3 is 46.3 Å². The number of benzene rings is 1. The Bertz CT molecular complexity index is 1710. The van der Waals surface area contributed by atoms with Gasteiger partial charge in [-0.2, -0.15) is 0 Å². The van der Waals surface area contributed by atoms with Gasteiger partial charge in [-0.15, -0.1) is 0 Å². The molecule has 7 amide bonds. The highest BCUT2D eigenvalue weighted by Gasteiger charge is 2.51. The molecule has 3 unspecified atom stereocenters. The van der Waals surface area contributed by atoms with E-state index in [0.717, 1.165) is 58.3 Å². The second-order valence-corrected chi connectivity index (χ2v) is 17.7. The summed E-state index contributed by atoms with van der Waals surface area (Å²) < 4.78 is 9.30. The number of carbonyl (C=O) groups is 8. The molecule has 17 nitrogen and oxygen atoms in total. The number of ketones is 1. The normalized spacial score (nSPS) is 21.5. The first-order chi connectivity index (χ1) is 29.0. The number of hydrogen-bond acceptors (Lipinski definition) is 10. The fraction of sp³-hybridized carbons (Fsp3) is 0.682. The van der Waals surface area contributed by atoms with Crippen molar-refractivity contribution >= 4 is 47.5 Å². The SMILES string of the molecule is CCCC(NC(=O)[C@@H]1CC2CCCCC2N1C(=O)[C@@H](NC(=O)[C@@H](NC(=O)[C@H](CNC(=O)OC)NC(=O)OC)C1CCCCC1)C(C)(C)C)C(=O)C(=O)N[C@@H](C)c1ccccc1. The van der Waals surface area contributed by atoms with Crippen LogP contribution >= 0.6 is 0 Å². The van der Waals surface area contributed by atoms with Gasteiger partial charge in [0.2, 0.25) is 29.4 Å². The van der Waals surface area contributed by atoms with Crippen LogP contribution in [0.5, 0.6) is 0 Å². The van der Waals surface area contributed by atoms with Crippen LogP contribution in [0.1, 0.15) is 123 Å². The van der Waals surface area contributed by atoms with E-state index in [4.69, 9.17) is 0 Å². The van der Waals surface area contributed by atoms with Crippen molar-refractivity contribution in [2.24, 2.45) is 17.3 Å². The van der Waals surface area contributed by atoms with Gasteiger partial charge in [0.25, 0.3) is 5.91 Å². The zero-order valence-corrected chi connectivity index (χ0v) is 36.8. The molecule has 1 saturated heterocycles. The molecule has 1 aromatic rings. The minimum absolute atomic E-state index is 0.0206. The van der Waals surface area contributed by atoms with E-state index in [1.165, 1.54) is 0 Å². The lowest BCUT2D eigenvalue weighted by atomic mass is 9.81. The van der Waals surface area contributed by atoms with Gasteiger partial charge in [0, 0.05) is 6.04 Å². The number of ether oxygens (including phenoxy) is 2. The number of nitrogens with zero attached hydrogens (tertiary/aromatic N) is 1. The largest absolute Gasteiger partial charge is 0.453 e. The smallest absolute Gasteiger partial charge is 0.407 e. The maximum atomic E-state index is 15.1. The lowest BCUT2D eigenvalue weighted by Crippen LogP contribution is -2.64. The average molecular weight is 854 g/mol. The molecule has 1 heterocycles. The standard InChI is InChI=1S/C44H67N7O10/c1-8-17-30(35(52)40(56)46-26(2)27-18-11-9-12-19-27)47-38(54)33-24-29-22-15-16-23-32(29)51(33)41(57)36(44(3,4)5)50-39(55)34(28-20-13-10-14-21-28)49-37(53)31(48-43(59)61-7)25-45-42(58)60-6/h9,11-12,18-19,26,28-34,36H,8,10,13-17,20-25H2,1-7H3,(H,45,58)(H,46,56)(H,47,54)(H,48,59)(H,49,53)(H,50,55)/t26-,29?,30?,31-,32?,33-,34-,36+/m0/s1. The summed E-state index contributed by atoms with van der Waals surface area (Å²) in [4.78, 5) is 110. The summed E-state index contributed by atoms with van der Waals surface area (Å²) in [6.07, 6.45) is 6.45. The Kier molecular flexibility index (Phi) is 17.9. The van der Waals surface area contributed by atoms with Crippen molar-refractivity contribution in [3.05, 3.63) is 35.9 Å². The van der Waals surface area contributed by atoms with E-state index in [1.54, 1.807) is 11.8 Å². The van der Waals surface area contributed by atoms with Gasteiger partial charge in [0.15, 0.2) is 0 Å². The van der Waals surface area contributed by atoms with Gasteiger partial charge in [-0.1, -0.05) is 96.6 Å². The highest BCUT2D eigenvalue weighted by atomic mass is 16.5. The minimum Gasteiger partial charge on any atom is -0.453 e. The van der Waals surface area contributed by atoms with Crippen LogP contribution in [0.2, 0.25) is 0 Å². The average Bonchev–Trinajstić information content (AvgIpc) is 3.65. The monoisotopic (exact) mass is 853 g/mol. The third kappa shape index (κ3) is 13.1. The number of nitrogens with one attached hydrogen (secondary N) is 6. The van der Waals surface area contributed by atoms with Crippen LogP contribution < -0.4 is 31.9 Å². The summed E-state index contributed by atoms with van der Waals surface area (Å²) in [5.74, 6) is -4.21. The van der Waals surface area contributed by atoms with Crippen LogP contribution in [0, 0.1) is 17.3 Å². The molecular weight excluding hydrogens is 787 g/mol. The molecule has 0 spiro atoms. The van der Waals surface area contributed by atoms with Gasteiger partial charge in [-0.3, -0.25) is 28.8 Å². The molecule has 0 aromatic heterocycles. The fourth-order valence-corrected chi connectivity index (χ4v) is 8.90. The van der Waals surface area contributed by atoms with E-state index in [0.29, 0.717) is 32.1 Å². The van der Waals surface area contributed by atoms with Crippen LogP contribution in [0.25, 0.3) is 0 Å². The minimum atomic E-state index is -1.33. The summed E-state index contributed by atoms with van der Waals surface area (Å²) in [6.45, 7) is 8.70. The third-order valence-corrected chi connectivity index (χ3v) is 12.3. The Morgan fingerprint density at radius 3 is 2.02 bits per heavy atom. The van der Waals surface area contributed by atoms with Gasteiger partial charge in [-0.05, 0) is 68.3 Å². The Hall–Kier alpha value is -5.22. The predicted octanol–water partition coefficient (Wildman–Crippen LogP) is 3.55. The lowest BCUT2D eigenvalue weighted by molar-refractivity contribution is -0.147. The number of amides is 7. The van der Waals surface area contributed by atoms with Gasteiger partial charge in [-0.25, -0.2) is 9.59 Å². The molecule has 61 heavy (non-hydrogen) atoms.